The summed E-state index contributed by atoms with van der Waals surface area (Å²) in [5, 5.41) is 3.06. The molecular weight excluding hydrogens is 334 g/mol. The standard InChI is InChI=1S/C12H15BrClN3O2/c13-10-11(14)15-7-17(12(10)19)6-9(18)16-8-4-2-1-3-5-8/h7-8H,1-6H2,(H,16,18). The molecule has 0 atom stereocenters. The summed E-state index contributed by atoms with van der Waals surface area (Å²) < 4.78 is 1.43. The molecule has 1 aromatic heterocycles. The van der Waals surface area contributed by atoms with E-state index in [-0.39, 0.29) is 33.7 Å². The molecule has 1 heterocycles. The molecule has 0 saturated heterocycles. The lowest BCUT2D eigenvalue weighted by atomic mass is 9.95. The van der Waals surface area contributed by atoms with Crippen LogP contribution in [-0.4, -0.2) is 21.5 Å². The third-order valence-electron chi connectivity index (χ3n) is 3.22. The van der Waals surface area contributed by atoms with Crippen LogP contribution in [0.3, 0.4) is 0 Å². The van der Waals surface area contributed by atoms with Crippen LogP contribution in [0.2, 0.25) is 5.15 Å². The summed E-state index contributed by atoms with van der Waals surface area (Å²) in [6, 6.07) is 0.237. The van der Waals surface area contributed by atoms with Gasteiger partial charge in [0.25, 0.3) is 5.56 Å². The fourth-order valence-corrected chi connectivity index (χ4v) is 2.69. The second-order valence-electron chi connectivity index (χ2n) is 4.68. The summed E-state index contributed by atoms with van der Waals surface area (Å²) in [6.07, 6.45) is 6.86. The average molecular weight is 349 g/mol. The molecule has 1 aliphatic carbocycles. The summed E-state index contributed by atoms with van der Waals surface area (Å²) in [4.78, 5) is 27.6. The van der Waals surface area contributed by atoms with Crippen molar-refractivity contribution in [2.24, 2.45) is 0 Å². The average Bonchev–Trinajstić information content (AvgIpc) is 2.41. The van der Waals surface area contributed by atoms with Crippen LogP contribution in [0.1, 0.15) is 32.1 Å². The van der Waals surface area contributed by atoms with Crippen LogP contribution in [0.15, 0.2) is 15.6 Å². The molecule has 1 fully saturated rings. The zero-order valence-corrected chi connectivity index (χ0v) is 12.7. The highest BCUT2D eigenvalue weighted by molar-refractivity contribution is 9.10. The topological polar surface area (TPSA) is 64.0 Å². The number of halogens is 2. The predicted molar refractivity (Wildman–Crippen MR) is 76.2 cm³/mol. The molecule has 1 N–H and O–H groups in total. The van der Waals surface area contributed by atoms with E-state index in [0.29, 0.717) is 0 Å². The van der Waals surface area contributed by atoms with Crippen LogP contribution in [0, 0.1) is 0 Å². The van der Waals surface area contributed by atoms with Gasteiger partial charge in [0.1, 0.15) is 11.0 Å². The largest absolute Gasteiger partial charge is 0.352 e. The van der Waals surface area contributed by atoms with E-state index in [1.165, 1.54) is 17.3 Å². The first-order valence-electron chi connectivity index (χ1n) is 6.27. The number of amides is 1. The van der Waals surface area contributed by atoms with Crippen LogP contribution in [0.5, 0.6) is 0 Å². The van der Waals surface area contributed by atoms with Crippen LogP contribution < -0.4 is 10.9 Å². The Bertz CT molecular complexity index is 526. The molecule has 0 unspecified atom stereocenters. The highest BCUT2D eigenvalue weighted by Gasteiger charge is 2.16. The Balaban J connectivity index is 1.99. The second kappa shape index (κ2) is 6.52. The van der Waals surface area contributed by atoms with Crippen molar-refractivity contribution in [2.75, 3.05) is 0 Å². The van der Waals surface area contributed by atoms with Gasteiger partial charge in [0.05, 0.1) is 6.33 Å². The van der Waals surface area contributed by atoms with Crippen molar-refractivity contribution in [1.82, 2.24) is 14.9 Å². The van der Waals surface area contributed by atoms with Gasteiger partial charge in [0.2, 0.25) is 5.91 Å². The molecule has 0 bridgehead atoms. The Hall–Kier alpha value is -0.880. The van der Waals surface area contributed by atoms with Crippen LogP contribution in [0.25, 0.3) is 0 Å². The number of nitrogens with zero attached hydrogens (tertiary/aromatic N) is 2. The second-order valence-corrected chi connectivity index (χ2v) is 5.84. The van der Waals surface area contributed by atoms with Crippen LogP contribution in [-0.2, 0) is 11.3 Å². The molecule has 1 aliphatic rings. The minimum atomic E-state index is -0.348. The van der Waals surface area contributed by atoms with Gasteiger partial charge in [-0.05, 0) is 28.8 Å². The van der Waals surface area contributed by atoms with Crippen molar-refractivity contribution >= 4 is 33.4 Å². The van der Waals surface area contributed by atoms with E-state index in [9.17, 15) is 9.59 Å². The van der Waals surface area contributed by atoms with Gasteiger partial charge in [-0.25, -0.2) is 4.98 Å². The van der Waals surface area contributed by atoms with Crippen LogP contribution in [0.4, 0.5) is 0 Å². The van der Waals surface area contributed by atoms with Gasteiger partial charge >= 0.3 is 0 Å². The van der Waals surface area contributed by atoms with Gasteiger partial charge < -0.3 is 5.32 Å². The Morgan fingerprint density at radius 1 is 1.47 bits per heavy atom. The minimum Gasteiger partial charge on any atom is -0.352 e. The smallest absolute Gasteiger partial charge is 0.269 e. The van der Waals surface area contributed by atoms with Crippen molar-refractivity contribution in [3.63, 3.8) is 0 Å². The van der Waals surface area contributed by atoms with Crippen molar-refractivity contribution in [3.05, 3.63) is 26.3 Å². The summed E-state index contributed by atoms with van der Waals surface area (Å²) in [6.45, 7) is -0.0297. The maximum atomic E-state index is 11.9. The molecule has 5 nitrogen and oxygen atoms in total. The summed E-state index contributed by atoms with van der Waals surface area (Å²) in [5.41, 5.74) is -0.348. The Morgan fingerprint density at radius 3 is 2.84 bits per heavy atom. The number of carbonyl (C=O) groups is 1. The third-order valence-corrected chi connectivity index (χ3v) is 4.45. The third kappa shape index (κ3) is 3.79. The van der Waals surface area contributed by atoms with Crippen molar-refractivity contribution in [1.29, 1.82) is 0 Å². The van der Waals surface area contributed by atoms with Gasteiger partial charge in [-0.3, -0.25) is 14.2 Å². The number of nitrogens with one attached hydrogen (secondary N) is 1. The number of carbonyl (C=O) groups excluding carboxylic acids is 1. The molecule has 0 aromatic carbocycles. The Labute approximate surface area is 124 Å². The highest BCUT2D eigenvalue weighted by atomic mass is 79.9. The Morgan fingerprint density at radius 2 is 2.16 bits per heavy atom. The van der Waals surface area contributed by atoms with Gasteiger partial charge in [-0.1, -0.05) is 30.9 Å². The first-order chi connectivity index (χ1) is 9.08. The highest BCUT2D eigenvalue weighted by Crippen LogP contribution is 2.17. The van der Waals surface area contributed by atoms with Crippen molar-refractivity contribution in [2.45, 2.75) is 44.7 Å². The van der Waals surface area contributed by atoms with E-state index in [1.54, 1.807) is 0 Å². The van der Waals surface area contributed by atoms with Gasteiger partial charge in [-0.2, -0.15) is 0 Å². The van der Waals surface area contributed by atoms with E-state index in [1.807, 2.05) is 0 Å². The first-order valence-corrected chi connectivity index (χ1v) is 7.45. The molecule has 0 spiro atoms. The first kappa shape index (κ1) is 14.5. The number of rotatable bonds is 3. The zero-order chi connectivity index (χ0) is 13.8. The molecule has 0 radical (unpaired) electrons. The quantitative estimate of drug-likeness (QED) is 0.851. The van der Waals surface area contributed by atoms with E-state index in [4.69, 9.17) is 11.6 Å². The SMILES string of the molecule is O=C(Cn1cnc(Cl)c(Br)c1=O)NC1CCCCC1. The zero-order valence-electron chi connectivity index (χ0n) is 10.4. The molecule has 1 amide bonds. The Kier molecular flexibility index (Phi) is 4.99. The van der Waals surface area contributed by atoms with E-state index >= 15 is 0 Å². The molecule has 1 saturated carbocycles. The number of aromatic nitrogens is 2. The van der Waals surface area contributed by atoms with Crippen molar-refractivity contribution < 1.29 is 4.79 Å². The van der Waals surface area contributed by atoms with E-state index in [2.05, 4.69) is 26.2 Å². The predicted octanol–water partition coefficient (Wildman–Crippen LogP) is 2.11. The maximum absolute atomic E-state index is 11.9. The summed E-state index contributed by atoms with van der Waals surface area (Å²) >= 11 is 8.77. The lowest BCUT2D eigenvalue weighted by Gasteiger charge is -2.22. The fraction of sp³-hybridized carbons (Fsp3) is 0.583. The van der Waals surface area contributed by atoms with Crippen molar-refractivity contribution in [3.8, 4) is 0 Å². The van der Waals surface area contributed by atoms with E-state index < -0.39 is 0 Å². The summed E-state index contributed by atoms with van der Waals surface area (Å²) in [7, 11) is 0. The molecule has 19 heavy (non-hydrogen) atoms. The monoisotopic (exact) mass is 347 g/mol. The molecule has 7 heteroatoms. The number of hydrogen-bond acceptors (Lipinski definition) is 3. The minimum absolute atomic E-state index is 0.0297. The molecular formula is C12H15BrClN3O2. The lowest BCUT2D eigenvalue weighted by Crippen LogP contribution is -2.40. The molecule has 0 aliphatic heterocycles. The lowest BCUT2D eigenvalue weighted by molar-refractivity contribution is -0.122. The maximum Gasteiger partial charge on any atom is 0.269 e. The molecule has 104 valence electrons. The van der Waals surface area contributed by atoms with E-state index in [0.717, 1.165) is 25.7 Å². The fourth-order valence-electron chi connectivity index (χ4n) is 2.23. The summed E-state index contributed by atoms with van der Waals surface area (Å²) in [5.74, 6) is -0.162. The number of hydrogen-bond donors (Lipinski definition) is 1. The molecule has 2 rings (SSSR count). The van der Waals surface area contributed by atoms with Crippen LogP contribution >= 0.6 is 27.5 Å². The molecule has 1 aromatic rings. The van der Waals surface area contributed by atoms with Gasteiger partial charge in [0, 0.05) is 6.04 Å². The van der Waals surface area contributed by atoms with Gasteiger partial charge in [-0.15, -0.1) is 0 Å². The normalized spacial score (nSPS) is 16.3. The van der Waals surface area contributed by atoms with Gasteiger partial charge in [0.15, 0.2) is 5.15 Å².